The van der Waals surface area contributed by atoms with Gasteiger partial charge in [-0.3, -0.25) is 0 Å². The summed E-state index contributed by atoms with van der Waals surface area (Å²) >= 11 is 0. The van der Waals surface area contributed by atoms with Gasteiger partial charge in [0.1, 0.15) is 5.82 Å². The maximum atomic E-state index is 12.9. The van der Waals surface area contributed by atoms with E-state index in [1.165, 1.54) is 37.8 Å². The molecule has 2 atom stereocenters. The summed E-state index contributed by atoms with van der Waals surface area (Å²) in [4.78, 5) is 2.19. The standard InChI is InChI=1S/C15H23FN2/c1-18(14-9-7-13(16)8-10-14)11-12-5-3-2-4-6-15(12)17/h7-10,12,15H,2-6,11,17H2,1H3. The molecule has 2 rings (SSSR count). The van der Waals surface area contributed by atoms with Gasteiger partial charge in [0.05, 0.1) is 0 Å². The van der Waals surface area contributed by atoms with E-state index in [2.05, 4.69) is 11.9 Å². The molecule has 1 aliphatic carbocycles. The molecular formula is C15H23FN2. The topological polar surface area (TPSA) is 29.3 Å². The zero-order valence-electron chi connectivity index (χ0n) is 11.1. The van der Waals surface area contributed by atoms with Crippen molar-refractivity contribution in [1.82, 2.24) is 0 Å². The average Bonchev–Trinajstić information content (AvgIpc) is 2.56. The molecule has 0 heterocycles. The Balaban J connectivity index is 1.97. The molecule has 0 saturated heterocycles. The van der Waals surface area contributed by atoms with Crippen LogP contribution in [0.25, 0.3) is 0 Å². The van der Waals surface area contributed by atoms with Gasteiger partial charge in [0.2, 0.25) is 0 Å². The van der Waals surface area contributed by atoms with Crippen LogP contribution in [0.1, 0.15) is 32.1 Å². The summed E-state index contributed by atoms with van der Waals surface area (Å²) in [5.41, 5.74) is 7.31. The maximum Gasteiger partial charge on any atom is 0.123 e. The van der Waals surface area contributed by atoms with Gasteiger partial charge >= 0.3 is 0 Å². The number of hydrogen-bond donors (Lipinski definition) is 1. The molecule has 0 radical (unpaired) electrons. The summed E-state index contributed by atoms with van der Waals surface area (Å²) in [6.45, 7) is 0.965. The Morgan fingerprint density at radius 2 is 1.83 bits per heavy atom. The molecule has 0 bridgehead atoms. The lowest BCUT2D eigenvalue weighted by Crippen LogP contribution is -2.37. The van der Waals surface area contributed by atoms with Crippen LogP contribution in [0.15, 0.2) is 24.3 Å². The number of halogens is 1. The van der Waals surface area contributed by atoms with E-state index in [0.29, 0.717) is 12.0 Å². The van der Waals surface area contributed by atoms with Gasteiger partial charge in [-0.1, -0.05) is 19.3 Å². The molecule has 3 heteroatoms. The van der Waals surface area contributed by atoms with Crippen molar-refractivity contribution in [2.45, 2.75) is 38.1 Å². The third kappa shape index (κ3) is 3.45. The van der Waals surface area contributed by atoms with Crippen molar-refractivity contribution in [2.24, 2.45) is 11.7 Å². The number of hydrogen-bond acceptors (Lipinski definition) is 2. The highest BCUT2D eigenvalue weighted by atomic mass is 19.1. The van der Waals surface area contributed by atoms with Gasteiger partial charge in [-0.2, -0.15) is 0 Å². The molecule has 1 aromatic carbocycles. The molecule has 0 amide bonds. The summed E-state index contributed by atoms with van der Waals surface area (Å²) < 4.78 is 12.9. The minimum absolute atomic E-state index is 0.182. The Labute approximate surface area is 109 Å². The van der Waals surface area contributed by atoms with Crippen LogP contribution in [0.4, 0.5) is 10.1 Å². The monoisotopic (exact) mass is 250 g/mol. The SMILES string of the molecule is CN(CC1CCCCCC1N)c1ccc(F)cc1. The van der Waals surface area contributed by atoms with Crippen molar-refractivity contribution in [1.29, 1.82) is 0 Å². The normalized spacial score (nSPS) is 24.6. The van der Waals surface area contributed by atoms with Gasteiger partial charge < -0.3 is 10.6 Å². The van der Waals surface area contributed by atoms with Crippen LogP contribution in [0.5, 0.6) is 0 Å². The van der Waals surface area contributed by atoms with Gasteiger partial charge in [-0.15, -0.1) is 0 Å². The highest BCUT2D eigenvalue weighted by Gasteiger charge is 2.21. The number of benzene rings is 1. The van der Waals surface area contributed by atoms with E-state index < -0.39 is 0 Å². The predicted molar refractivity (Wildman–Crippen MR) is 74.2 cm³/mol. The summed E-state index contributed by atoms with van der Waals surface area (Å²) in [6, 6.07) is 7.00. The van der Waals surface area contributed by atoms with Crippen LogP contribution in [0.3, 0.4) is 0 Å². The van der Waals surface area contributed by atoms with E-state index in [1.54, 1.807) is 0 Å². The molecule has 0 aliphatic heterocycles. The molecule has 100 valence electrons. The van der Waals surface area contributed by atoms with E-state index in [4.69, 9.17) is 5.73 Å². The van der Waals surface area contributed by atoms with Gasteiger partial charge in [0.15, 0.2) is 0 Å². The molecular weight excluding hydrogens is 227 g/mol. The predicted octanol–water partition coefficient (Wildman–Crippen LogP) is 3.17. The van der Waals surface area contributed by atoms with Crippen molar-refractivity contribution in [3.05, 3.63) is 30.1 Å². The Morgan fingerprint density at radius 1 is 1.17 bits per heavy atom. The number of nitrogens with two attached hydrogens (primary N) is 1. The van der Waals surface area contributed by atoms with E-state index in [9.17, 15) is 4.39 Å². The third-order valence-corrected chi connectivity index (χ3v) is 3.99. The number of anilines is 1. The van der Waals surface area contributed by atoms with Crippen LogP contribution in [0.2, 0.25) is 0 Å². The van der Waals surface area contributed by atoms with Crippen molar-refractivity contribution in [3.8, 4) is 0 Å². The first-order chi connectivity index (χ1) is 8.66. The second-order valence-electron chi connectivity index (χ2n) is 5.42. The van der Waals surface area contributed by atoms with Gasteiger partial charge in [0, 0.05) is 25.3 Å². The molecule has 2 N–H and O–H groups in total. The second-order valence-corrected chi connectivity index (χ2v) is 5.42. The van der Waals surface area contributed by atoms with Crippen LogP contribution in [-0.2, 0) is 0 Å². The number of rotatable bonds is 3. The van der Waals surface area contributed by atoms with Gasteiger partial charge in [0.25, 0.3) is 0 Å². The smallest absolute Gasteiger partial charge is 0.123 e. The molecule has 0 spiro atoms. The minimum Gasteiger partial charge on any atom is -0.374 e. The Bertz CT molecular complexity index is 363. The first kappa shape index (κ1) is 13.3. The first-order valence-electron chi connectivity index (χ1n) is 6.89. The Hall–Kier alpha value is -1.09. The summed E-state index contributed by atoms with van der Waals surface area (Å²) in [7, 11) is 2.06. The highest BCUT2D eigenvalue weighted by Crippen LogP contribution is 2.24. The fourth-order valence-corrected chi connectivity index (χ4v) is 2.79. The quantitative estimate of drug-likeness (QED) is 0.835. The maximum absolute atomic E-state index is 12.9. The fraction of sp³-hybridized carbons (Fsp3) is 0.600. The van der Waals surface area contributed by atoms with Gasteiger partial charge in [-0.25, -0.2) is 4.39 Å². The summed E-state index contributed by atoms with van der Waals surface area (Å²) in [6.07, 6.45) is 6.21. The molecule has 1 saturated carbocycles. The molecule has 2 unspecified atom stereocenters. The fourth-order valence-electron chi connectivity index (χ4n) is 2.79. The summed E-state index contributed by atoms with van der Waals surface area (Å²) in [5, 5.41) is 0. The van der Waals surface area contributed by atoms with E-state index >= 15 is 0 Å². The molecule has 1 aliphatic rings. The van der Waals surface area contributed by atoms with Crippen molar-refractivity contribution in [2.75, 3.05) is 18.5 Å². The van der Waals surface area contributed by atoms with E-state index in [0.717, 1.165) is 18.7 Å². The van der Waals surface area contributed by atoms with Crippen LogP contribution < -0.4 is 10.6 Å². The zero-order chi connectivity index (χ0) is 13.0. The largest absolute Gasteiger partial charge is 0.374 e. The second kappa shape index (κ2) is 6.19. The lowest BCUT2D eigenvalue weighted by molar-refractivity contribution is 0.401. The van der Waals surface area contributed by atoms with Crippen molar-refractivity contribution >= 4 is 5.69 Å². The first-order valence-corrected chi connectivity index (χ1v) is 6.89. The van der Waals surface area contributed by atoms with Crippen LogP contribution in [-0.4, -0.2) is 19.6 Å². The van der Waals surface area contributed by atoms with Gasteiger partial charge in [-0.05, 0) is 43.0 Å². The van der Waals surface area contributed by atoms with E-state index in [1.807, 2.05) is 12.1 Å². The third-order valence-electron chi connectivity index (χ3n) is 3.99. The number of nitrogens with zero attached hydrogens (tertiary/aromatic N) is 1. The minimum atomic E-state index is -0.182. The van der Waals surface area contributed by atoms with Crippen molar-refractivity contribution in [3.63, 3.8) is 0 Å². The molecule has 18 heavy (non-hydrogen) atoms. The van der Waals surface area contributed by atoms with E-state index in [-0.39, 0.29) is 5.82 Å². The average molecular weight is 250 g/mol. The Morgan fingerprint density at radius 3 is 2.56 bits per heavy atom. The molecule has 1 fully saturated rings. The zero-order valence-corrected chi connectivity index (χ0v) is 11.1. The highest BCUT2D eigenvalue weighted by molar-refractivity contribution is 5.45. The molecule has 2 nitrogen and oxygen atoms in total. The Kier molecular flexibility index (Phi) is 4.59. The van der Waals surface area contributed by atoms with Crippen LogP contribution >= 0.6 is 0 Å². The molecule has 1 aromatic rings. The lowest BCUT2D eigenvalue weighted by Gasteiger charge is -2.28. The molecule has 0 aromatic heterocycles. The van der Waals surface area contributed by atoms with Crippen LogP contribution in [0, 0.1) is 11.7 Å². The summed E-state index contributed by atoms with van der Waals surface area (Å²) in [5.74, 6) is 0.376. The lowest BCUT2D eigenvalue weighted by atomic mass is 9.95. The van der Waals surface area contributed by atoms with Crippen molar-refractivity contribution < 1.29 is 4.39 Å².